The molecule has 3 atom stereocenters. The average molecular weight is 528 g/mol. The highest BCUT2D eigenvalue weighted by atomic mass is 32.2. The molecule has 1 amide bonds. The molecule has 1 saturated carbocycles. The van der Waals surface area contributed by atoms with Gasteiger partial charge in [0, 0.05) is 30.3 Å². The van der Waals surface area contributed by atoms with E-state index in [0.29, 0.717) is 0 Å². The van der Waals surface area contributed by atoms with Crippen LogP contribution in [0.1, 0.15) is 41.5 Å². The number of anilines is 2. The SMILES string of the molecule is Cc1cccc2ccc(NC(=O)[C@@H]3C[C@H]3c3ccc(S(=O)(=O)Nc4nccc(C5CCNC5)n4)cc3)cc12. The number of aryl methyl sites for hydroxylation is 1. The third-order valence-electron chi connectivity index (χ3n) is 7.49. The minimum absolute atomic E-state index is 0.0178. The summed E-state index contributed by atoms with van der Waals surface area (Å²) in [4.78, 5) is 21.5. The van der Waals surface area contributed by atoms with Crippen LogP contribution in [-0.2, 0) is 14.8 Å². The van der Waals surface area contributed by atoms with Gasteiger partial charge in [-0.05, 0) is 84.5 Å². The lowest BCUT2D eigenvalue weighted by Gasteiger charge is -2.11. The molecular weight excluding hydrogens is 498 g/mol. The number of nitrogens with zero attached hydrogens (tertiary/aromatic N) is 2. The molecule has 3 N–H and O–H groups in total. The van der Waals surface area contributed by atoms with Gasteiger partial charge >= 0.3 is 0 Å². The van der Waals surface area contributed by atoms with Gasteiger partial charge in [-0.2, -0.15) is 0 Å². The minimum atomic E-state index is -3.84. The smallest absolute Gasteiger partial charge is 0.264 e. The Morgan fingerprint density at radius 2 is 1.89 bits per heavy atom. The standard InChI is InChI=1S/C29H29N5O3S/c1-18-3-2-4-19-5-8-22(15-24(18)19)32-28(35)26-16-25(26)20-6-9-23(10-7-20)38(36,37)34-29-31-14-12-27(33-29)21-11-13-30-17-21/h2-10,12,14-15,21,25-26,30H,11,13,16-17H2,1H3,(H,32,35)(H,31,33,34)/t21?,25-,26+/m0/s1. The summed E-state index contributed by atoms with van der Waals surface area (Å²) in [6, 6.07) is 20.6. The van der Waals surface area contributed by atoms with Gasteiger partial charge < -0.3 is 10.6 Å². The van der Waals surface area contributed by atoms with Gasteiger partial charge in [0.15, 0.2) is 0 Å². The normalized spacial score (nSPS) is 20.8. The van der Waals surface area contributed by atoms with Crippen LogP contribution in [0.15, 0.2) is 77.8 Å². The van der Waals surface area contributed by atoms with Gasteiger partial charge in [0.25, 0.3) is 10.0 Å². The Balaban J connectivity index is 1.10. The van der Waals surface area contributed by atoms with E-state index >= 15 is 0 Å². The van der Waals surface area contributed by atoms with Crippen molar-refractivity contribution in [2.45, 2.75) is 36.5 Å². The fraction of sp³-hybridized carbons (Fsp3) is 0.276. The molecule has 0 radical (unpaired) electrons. The van der Waals surface area contributed by atoms with E-state index in [0.717, 1.165) is 59.2 Å². The van der Waals surface area contributed by atoms with Crippen LogP contribution in [0.4, 0.5) is 11.6 Å². The number of carbonyl (C=O) groups excluding carboxylic acids is 1. The van der Waals surface area contributed by atoms with E-state index in [9.17, 15) is 13.2 Å². The lowest BCUT2D eigenvalue weighted by atomic mass is 10.0. The van der Waals surface area contributed by atoms with E-state index in [-0.39, 0.29) is 34.5 Å². The monoisotopic (exact) mass is 527 g/mol. The van der Waals surface area contributed by atoms with Crippen molar-refractivity contribution in [1.82, 2.24) is 15.3 Å². The van der Waals surface area contributed by atoms with E-state index in [2.05, 4.69) is 44.4 Å². The summed E-state index contributed by atoms with van der Waals surface area (Å²) in [6.45, 7) is 3.81. The first-order valence-electron chi connectivity index (χ1n) is 12.8. The van der Waals surface area contributed by atoms with Crippen LogP contribution in [0.25, 0.3) is 10.8 Å². The number of rotatable bonds is 7. The molecule has 2 heterocycles. The second-order valence-electron chi connectivity index (χ2n) is 10.1. The zero-order valence-electron chi connectivity index (χ0n) is 21.0. The van der Waals surface area contributed by atoms with E-state index in [1.807, 2.05) is 30.3 Å². The Hall–Kier alpha value is -3.82. The molecule has 6 rings (SSSR count). The van der Waals surface area contributed by atoms with Crippen molar-refractivity contribution in [3.05, 3.63) is 89.7 Å². The van der Waals surface area contributed by atoms with Gasteiger partial charge in [0.2, 0.25) is 11.9 Å². The molecule has 194 valence electrons. The van der Waals surface area contributed by atoms with Crippen LogP contribution in [-0.4, -0.2) is 37.4 Å². The second-order valence-corrected chi connectivity index (χ2v) is 11.8. The predicted octanol–water partition coefficient (Wildman–Crippen LogP) is 4.56. The van der Waals surface area contributed by atoms with Crippen LogP contribution in [0.5, 0.6) is 0 Å². The summed E-state index contributed by atoms with van der Waals surface area (Å²) in [6.07, 6.45) is 3.28. The zero-order valence-corrected chi connectivity index (χ0v) is 21.8. The topological polar surface area (TPSA) is 113 Å². The Morgan fingerprint density at radius 1 is 1.05 bits per heavy atom. The highest BCUT2D eigenvalue weighted by Crippen LogP contribution is 2.48. The summed E-state index contributed by atoms with van der Waals surface area (Å²) in [5.74, 6) is 0.248. The third kappa shape index (κ3) is 4.99. The third-order valence-corrected chi connectivity index (χ3v) is 8.84. The Labute approximate surface area is 222 Å². The maximum Gasteiger partial charge on any atom is 0.264 e. The van der Waals surface area contributed by atoms with Crippen molar-refractivity contribution in [1.29, 1.82) is 0 Å². The van der Waals surface area contributed by atoms with E-state index in [4.69, 9.17) is 0 Å². The Kier molecular flexibility index (Phi) is 6.33. The highest BCUT2D eigenvalue weighted by Gasteiger charge is 2.44. The van der Waals surface area contributed by atoms with Crippen molar-refractivity contribution in [3.63, 3.8) is 0 Å². The quantitative estimate of drug-likeness (QED) is 0.325. The first-order valence-corrected chi connectivity index (χ1v) is 14.3. The van der Waals surface area contributed by atoms with E-state index in [1.165, 1.54) is 0 Å². The predicted molar refractivity (Wildman–Crippen MR) is 148 cm³/mol. The van der Waals surface area contributed by atoms with Crippen LogP contribution in [0.3, 0.4) is 0 Å². The number of amides is 1. The number of carbonyl (C=O) groups is 1. The van der Waals surface area contributed by atoms with E-state index in [1.54, 1.807) is 30.5 Å². The molecule has 2 aliphatic rings. The van der Waals surface area contributed by atoms with Crippen LogP contribution >= 0.6 is 0 Å². The minimum Gasteiger partial charge on any atom is -0.326 e. The summed E-state index contributed by atoms with van der Waals surface area (Å²) in [5.41, 5.74) is 3.73. The van der Waals surface area contributed by atoms with Gasteiger partial charge in [-0.3, -0.25) is 4.79 Å². The molecule has 8 nitrogen and oxygen atoms in total. The highest BCUT2D eigenvalue weighted by molar-refractivity contribution is 7.92. The fourth-order valence-corrected chi connectivity index (χ4v) is 6.18. The average Bonchev–Trinajstić information content (AvgIpc) is 3.53. The van der Waals surface area contributed by atoms with Gasteiger partial charge in [0.1, 0.15) is 0 Å². The lowest BCUT2D eigenvalue weighted by Crippen LogP contribution is -2.16. The summed E-state index contributed by atoms with van der Waals surface area (Å²) >= 11 is 0. The van der Waals surface area contributed by atoms with Crippen LogP contribution in [0, 0.1) is 12.8 Å². The molecule has 9 heteroatoms. The zero-order chi connectivity index (χ0) is 26.3. The number of hydrogen-bond donors (Lipinski definition) is 3. The summed E-state index contributed by atoms with van der Waals surface area (Å²) in [5, 5.41) is 8.60. The first-order chi connectivity index (χ1) is 18.4. The van der Waals surface area contributed by atoms with Crippen molar-refractivity contribution < 1.29 is 13.2 Å². The molecule has 1 unspecified atom stereocenters. The largest absolute Gasteiger partial charge is 0.326 e. The number of hydrogen-bond acceptors (Lipinski definition) is 6. The molecular formula is C29H29N5O3S. The van der Waals surface area contributed by atoms with Crippen molar-refractivity contribution in [2.24, 2.45) is 5.92 Å². The molecule has 1 aliphatic heterocycles. The lowest BCUT2D eigenvalue weighted by molar-refractivity contribution is -0.117. The van der Waals surface area contributed by atoms with Crippen molar-refractivity contribution >= 4 is 38.3 Å². The van der Waals surface area contributed by atoms with E-state index < -0.39 is 10.0 Å². The van der Waals surface area contributed by atoms with Gasteiger partial charge in [-0.25, -0.2) is 23.1 Å². The number of nitrogens with one attached hydrogen (secondary N) is 3. The van der Waals surface area contributed by atoms with Crippen LogP contribution in [0.2, 0.25) is 0 Å². The maximum atomic E-state index is 13.0. The Bertz CT molecular complexity index is 1620. The number of sulfonamides is 1. The molecule has 2 fully saturated rings. The van der Waals surface area contributed by atoms with Gasteiger partial charge in [-0.15, -0.1) is 0 Å². The number of fused-ring (bicyclic) bond motifs is 1. The van der Waals surface area contributed by atoms with Crippen LogP contribution < -0.4 is 15.4 Å². The molecule has 0 spiro atoms. The number of aromatic nitrogens is 2. The summed E-state index contributed by atoms with van der Waals surface area (Å²) < 4.78 is 28.4. The molecule has 3 aromatic carbocycles. The maximum absolute atomic E-state index is 13.0. The molecule has 1 saturated heterocycles. The first kappa shape index (κ1) is 24.5. The van der Waals surface area contributed by atoms with Crippen molar-refractivity contribution in [2.75, 3.05) is 23.1 Å². The molecule has 1 aliphatic carbocycles. The van der Waals surface area contributed by atoms with Crippen molar-refractivity contribution in [3.8, 4) is 0 Å². The molecule has 1 aromatic heterocycles. The summed E-state index contributed by atoms with van der Waals surface area (Å²) in [7, 11) is -3.84. The second kappa shape index (κ2) is 9.81. The molecule has 4 aromatic rings. The Morgan fingerprint density at radius 3 is 2.68 bits per heavy atom. The molecule has 38 heavy (non-hydrogen) atoms. The van der Waals surface area contributed by atoms with Gasteiger partial charge in [0.05, 0.1) is 10.6 Å². The molecule has 0 bridgehead atoms. The fourth-order valence-electron chi connectivity index (χ4n) is 5.22. The number of benzene rings is 3. The van der Waals surface area contributed by atoms with Gasteiger partial charge in [-0.1, -0.05) is 36.4 Å².